The topological polar surface area (TPSA) is 0 Å². The van der Waals surface area contributed by atoms with E-state index in [1.165, 1.54) is 61.3 Å². The molecule has 2 aromatic rings. The third-order valence-electron chi connectivity index (χ3n) is 4.11. The number of hydrogen-bond acceptors (Lipinski definition) is 0. The van der Waals surface area contributed by atoms with Crippen molar-refractivity contribution in [1.82, 2.24) is 0 Å². The van der Waals surface area contributed by atoms with Gasteiger partial charge >= 0.3 is 0 Å². The molecular formula is C21H28. The molecule has 0 unspecified atom stereocenters. The Labute approximate surface area is 129 Å². The number of unbranched alkanes of at least 4 members (excludes halogenated alkanes) is 6. The maximum atomic E-state index is 2.36. The Morgan fingerprint density at radius 1 is 0.762 bits per heavy atom. The molecule has 0 spiro atoms. The van der Waals surface area contributed by atoms with E-state index in [0.29, 0.717) is 0 Å². The van der Waals surface area contributed by atoms with Gasteiger partial charge in [0.15, 0.2) is 0 Å². The molecule has 0 bridgehead atoms. The van der Waals surface area contributed by atoms with E-state index in [1.807, 2.05) is 0 Å². The molecule has 0 radical (unpaired) electrons. The number of fused-ring (bicyclic) bond motifs is 1. The lowest BCUT2D eigenvalue weighted by atomic mass is 10.0. The van der Waals surface area contributed by atoms with Gasteiger partial charge < -0.3 is 0 Å². The van der Waals surface area contributed by atoms with Crippen LogP contribution in [0.1, 0.15) is 57.4 Å². The van der Waals surface area contributed by atoms with Crippen LogP contribution in [0.15, 0.2) is 54.6 Å². The van der Waals surface area contributed by atoms with Gasteiger partial charge in [-0.05, 0) is 35.6 Å². The zero-order valence-electron chi connectivity index (χ0n) is 13.4. The first-order valence-electron chi connectivity index (χ1n) is 8.53. The zero-order chi connectivity index (χ0) is 14.8. The Morgan fingerprint density at radius 3 is 2.43 bits per heavy atom. The fraction of sp³-hybridized carbons (Fsp3) is 0.429. The van der Waals surface area contributed by atoms with Gasteiger partial charge in [0.1, 0.15) is 0 Å². The van der Waals surface area contributed by atoms with Crippen molar-refractivity contribution in [1.29, 1.82) is 0 Å². The van der Waals surface area contributed by atoms with Crippen molar-refractivity contribution in [2.75, 3.05) is 0 Å². The maximum Gasteiger partial charge on any atom is -0.00913 e. The summed E-state index contributed by atoms with van der Waals surface area (Å²) in [6.45, 7) is 2.27. The van der Waals surface area contributed by atoms with Crippen LogP contribution >= 0.6 is 0 Å². The molecule has 0 amide bonds. The van der Waals surface area contributed by atoms with Gasteiger partial charge in [0.2, 0.25) is 0 Å². The van der Waals surface area contributed by atoms with Crippen molar-refractivity contribution in [2.45, 2.75) is 58.3 Å². The monoisotopic (exact) mass is 280 g/mol. The predicted molar refractivity (Wildman–Crippen MR) is 94.8 cm³/mol. The van der Waals surface area contributed by atoms with Gasteiger partial charge in [0.05, 0.1) is 0 Å². The summed E-state index contributed by atoms with van der Waals surface area (Å²) in [7, 11) is 0. The van der Waals surface area contributed by atoms with Crippen molar-refractivity contribution in [3.63, 3.8) is 0 Å². The van der Waals surface area contributed by atoms with Crippen molar-refractivity contribution < 1.29 is 0 Å². The molecule has 0 nitrogen and oxygen atoms in total. The van der Waals surface area contributed by atoms with E-state index >= 15 is 0 Å². The normalized spacial score (nSPS) is 11.5. The van der Waals surface area contributed by atoms with Gasteiger partial charge in [-0.1, -0.05) is 93.6 Å². The lowest BCUT2D eigenvalue weighted by Crippen LogP contribution is -1.84. The van der Waals surface area contributed by atoms with Gasteiger partial charge in [-0.25, -0.2) is 0 Å². The summed E-state index contributed by atoms with van der Waals surface area (Å²) in [5, 5.41) is 2.74. The van der Waals surface area contributed by atoms with E-state index in [4.69, 9.17) is 0 Å². The van der Waals surface area contributed by atoms with Crippen molar-refractivity contribution in [2.24, 2.45) is 0 Å². The quantitative estimate of drug-likeness (QED) is 0.354. The molecule has 0 atom stereocenters. The molecule has 0 aliphatic heterocycles. The van der Waals surface area contributed by atoms with Crippen LogP contribution in [-0.2, 0) is 6.42 Å². The molecule has 0 N–H and O–H groups in total. The van der Waals surface area contributed by atoms with Crippen molar-refractivity contribution >= 4 is 10.8 Å². The second-order valence-electron chi connectivity index (χ2n) is 5.87. The van der Waals surface area contributed by atoms with Crippen LogP contribution < -0.4 is 0 Å². The van der Waals surface area contributed by atoms with Gasteiger partial charge in [-0.2, -0.15) is 0 Å². The number of rotatable bonds is 9. The van der Waals surface area contributed by atoms with E-state index in [1.54, 1.807) is 0 Å². The molecule has 21 heavy (non-hydrogen) atoms. The molecule has 0 aliphatic rings. The minimum Gasteiger partial charge on any atom is -0.0882 e. The van der Waals surface area contributed by atoms with Gasteiger partial charge in [0.25, 0.3) is 0 Å². The smallest absolute Gasteiger partial charge is 0.00913 e. The molecule has 2 aromatic carbocycles. The Bertz CT molecular complexity index is 545. The van der Waals surface area contributed by atoms with Crippen LogP contribution in [0, 0.1) is 0 Å². The predicted octanol–water partition coefficient (Wildman–Crippen LogP) is 6.69. The van der Waals surface area contributed by atoms with Gasteiger partial charge in [-0.3, -0.25) is 0 Å². The summed E-state index contributed by atoms with van der Waals surface area (Å²) in [5.74, 6) is 0. The average molecular weight is 280 g/mol. The van der Waals surface area contributed by atoms with Crippen LogP contribution in [0.5, 0.6) is 0 Å². The summed E-state index contributed by atoms with van der Waals surface area (Å²) in [6.07, 6.45) is 15.3. The molecule has 112 valence electrons. The number of benzene rings is 2. The fourth-order valence-electron chi connectivity index (χ4n) is 2.84. The number of allylic oxidation sites excluding steroid dienone is 2. The maximum absolute atomic E-state index is 2.36. The standard InChI is InChI=1S/C21H28/c1-2-3-4-5-6-7-8-9-10-14-19-16-13-17-20-15-11-12-18-21(19)20/h9-13,15-18H,2-8,14H2,1H3/b10-9+. The van der Waals surface area contributed by atoms with Crippen LogP contribution in [0.3, 0.4) is 0 Å². The van der Waals surface area contributed by atoms with Crippen LogP contribution in [0.2, 0.25) is 0 Å². The fourth-order valence-corrected chi connectivity index (χ4v) is 2.84. The highest BCUT2D eigenvalue weighted by atomic mass is 14.0. The molecule has 0 heteroatoms. The van der Waals surface area contributed by atoms with Crippen LogP contribution in [0.25, 0.3) is 10.8 Å². The van der Waals surface area contributed by atoms with Crippen LogP contribution in [0.4, 0.5) is 0 Å². The van der Waals surface area contributed by atoms with E-state index < -0.39 is 0 Å². The highest BCUT2D eigenvalue weighted by Gasteiger charge is 1.97. The lowest BCUT2D eigenvalue weighted by Gasteiger charge is -2.03. The Morgan fingerprint density at radius 2 is 1.52 bits per heavy atom. The Kier molecular flexibility index (Phi) is 7.07. The van der Waals surface area contributed by atoms with E-state index in [-0.39, 0.29) is 0 Å². The molecule has 0 saturated heterocycles. The molecule has 0 saturated carbocycles. The third-order valence-corrected chi connectivity index (χ3v) is 4.11. The summed E-state index contributed by atoms with van der Waals surface area (Å²) in [4.78, 5) is 0. The first-order chi connectivity index (χ1) is 10.4. The Hall–Kier alpha value is -1.56. The first-order valence-corrected chi connectivity index (χ1v) is 8.53. The van der Waals surface area contributed by atoms with Crippen LogP contribution in [-0.4, -0.2) is 0 Å². The zero-order valence-corrected chi connectivity index (χ0v) is 13.4. The van der Waals surface area contributed by atoms with E-state index in [9.17, 15) is 0 Å². The minimum atomic E-state index is 1.05. The average Bonchev–Trinajstić information content (AvgIpc) is 2.53. The lowest BCUT2D eigenvalue weighted by molar-refractivity contribution is 0.611. The van der Waals surface area contributed by atoms with Crippen molar-refractivity contribution in [3.8, 4) is 0 Å². The third kappa shape index (κ3) is 5.38. The molecule has 0 aliphatic carbocycles. The summed E-state index contributed by atoms with van der Waals surface area (Å²) >= 11 is 0. The highest BCUT2D eigenvalue weighted by Crippen LogP contribution is 2.19. The minimum absolute atomic E-state index is 1.05. The SMILES string of the molecule is CCCCCCCC/C=C/Cc1cccc2ccccc12. The molecular weight excluding hydrogens is 252 g/mol. The van der Waals surface area contributed by atoms with E-state index in [0.717, 1.165) is 6.42 Å². The van der Waals surface area contributed by atoms with E-state index in [2.05, 4.69) is 61.5 Å². The number of hydrogen-bond donors (Lipinski definition) is 0. The molecule has 2 rings (SSSR count). The molecule has 0 aromatic heterocycles. The van der Waals surface area contributed by atoms with Gasteiger partial charge in [0, 0.05) is 0 Å². The van der Waals surface area contributed by atoms with Gasteiger partial charge in [-0.15, -0.1) is 0 Å². The molecule has 0 heterocycles. The second-order valence-corrected chi connectivity index (χ2v) is 5.87. The molecule has 0 fully saturated rings. The second kappa shape index (κ2) is 9.39. The Balaban J connectivity index is 1.73. The summed E-state index contributed by atoms with van der Waals surface area (Å²) < 4.78 is 0. The summed E-state index contributed by atoms with van der Waals surface area (Å²) in [5.41, 5.74) is 1.44. The largest absolute Gasteiger partial charge is 0.0882 e. The van der Waals surface area contributed by atoms with Crippen molar-refractivity contribution in [3.05, 3.63) is 60.2 Å². The summed E-state index contributed by atoms with van der Waals surface area (Å²) in [6, 6.07) is 15.3. The first kappa shape index (κ1) is 15.8. The highest BCUT2D eigenvalue weighted by molar-refractivity contribution is 5.85.